The fourth-order valence-corrected chi connectivity index (χ4v) is 5.51. The fraction of sp³-hybridized carbons (Fsp3) is 0.368. The van der Waals surface area contributed by atoms with Gasteiger partial charge in [-0.05, 0) is 31.2 Å². The van der Waals surface area contributed by atoms with Crippen LogP contribution >= 0.6 is 11.6 Å². The molecule has 0 saturated carbocycles. The third-order valence-electron chi connectivity index (χ3n) is 4.93. The Balaban J connectivity index is 1.38. The molecule has 1 N–H and O–H groups in total. The molecule has 3 aromatic rings. The molecule has 1 aliphatic heterocycles. The number of halogens is 1. The lowest BCUT2D eigenvalue weighted by atomic mass is 10.2. The molecule has 1 atom stereocenters. The first-order valence-electron chi connectivity index (χ1n) is 9.47. The average Bonchev–Trinajstić information content (AvgIpc) is 3.05. The smallest absolute Gasteiger partial charge is 0.260 e. The molecule has 0 amide bonds. The van der Waals surface area contributed by atoms with Crippen molar-refractivity contribution in [2.75, 3.05) is 37.6 Å². The number of imidazole rings is 1. The van der Waals surface area contributed by atoms with Crippen LogP contribution in [0.1, 0.15) is 6.92 Å². The Morgan fingerprint density at radius 2 is 1.90 bits per heavy atom. The Morgan fingerprint density at radius 1 is 1.14 bits per heavy atom. The standard InChI is InChI=1S/C19H23ClN6O2S/c1-15(14-24-10-12-25(13-11-24)16-6-2-4-8-21-16)23-29(27,28)19-18(20)22-17-7-3-5-9-26(17)19/h2-9,15,23H,10-14H2,1H3. The highest BCUT2D eigenvalue weighted by molar-refractivity contribution is 7.89. The number of anilines is 1. The minimum Gasteiger partial charge on any atom is -0.354 e. The summed E-state index contributed by atoms with van der Waals surface area (Å²) in [5.74, 6) is 0.975. The summed E-state index contributed by atoms with van der Waals surface area (Å²) in [4.78, 5) is 13.0. The average molecular weight is 435 g/mol. The number of piperazine rings is 1. The molecule has 0 aliphatic carbocycles. The Kier molecular flexibility index (Phi) is 5.73. The van der Waals surface area contributed by atoms with Crippen LogP contribution in [0.5, 0.6) is 0 Å². The third kappa shape index (κ3) is 4.37. The quantitative estimate of drug-likeness (QED) is 0.637. The van der Waals surface area contributed by atoms with E-state index in [1.165, 1.54) is 4.40 Å². The van der Waals surface area contributed by atoms with Gasteiger partial charge in [0.25, 0.3) is 10.0 Å². The van der Waals surface area contributed by atoms with Gasteiger partial charge in [-0.15, -0.1) is 0 Å². The molecule has 1 saturated heterocycles. The number of hydrogen-bond acceptors (Lipinski definition) is 6. The number of nitrogens with zero attached hydrogens (tertiary/aromatic N) is 5. The summed E-state index contributed by atoms with van der Waals surface area (Å²) in [7, 11) is -3.81. The van der Waals surface area contributed by atoms with Gasteiger partial charge in [-0.1, -0.05) is 23.7 Å². The number of hydrogen-bond donors (Lipinski definition) is 1. The van der Waals surface area contributed by atoms with E-state index in [9.17, 15) is 8.42 Å². The second-order valence-electron chi connectivity index (χ2n) is 7.13. The summed E-state index contributed by atoms with van der Waals surface area (Å²) in [6.45, 7) is 5.88. The van der Waals surface area contributed by atoms with Crippen LogP contribution < -0.4 is 9.62 Å². The first kappa shape index (κ1) is 20.1. The first-order valence-corrected chi connectivity index (χ1v) is 11.3. The molecule has 0 radical (unpaired) electrons. The molecule has 8 nitrogen and oxygen atoms in total. The van der Waals surface area contributed by atoms with Crippen molar-refractivity contribution in [3.05, 3.63) is 53.9 Å². The van der Waals surface area contributed by atoms with Crippen LogP contribution in [0, 0.1) is 0 Å². The van der Waals surface area contributed by atoms with Crippen molar-refractivity contribution in [2.45, 2.75) is 18.0 Å². The molecular formula is C19H23ClN6O2S. The zero-order valence-electron chi connectivity index (χ0n) is 16.1. The number of aromatic nitrogens is 3. The molecule has 154 valence electrons. The van der Waals surface area contributed by atoms with Gasteiger partial charge in [0, 0.05) is 51.2 Å². The zero-order chi connectivity index (χ0) is 20.4. The Morgan fingerprint density at radius 3 is 2.62 bits per heavy atom. The van der Waals surface area contributed by atoms with E-state index in [2.05, 4.69) is 24.5 Å². The van der Waals surface area contributed by atoms with Crippen molar-refractivity contribution < 1.29 is 8.42 Å². The summed E-state index contributed by atoms with van der Waals surface area (Å²) < 4.78 is 30.1. The maximum atomic E-state index is 12.9. The molecule has 0 bridgehead atoms. The van der Waals surface area contributed by atoms with Gasteiger partial charge in [0.05, 0.1) is 0 Å². The van der Waals surface area contributed by atoms with Crippen molar-refractivity contribution in [1.29, 1.82) is 0 Å². The van der Waals surface area contributed by atoms with E-state index in [1.807, 2.05) is 25.1 Å². The van der Waals surface area contributed by atoms with Gasteiger partial charge in [0.2, 0.25) is 0 Å². The Hall–Kier alpha value is -2.20. The summed E-state index contributed by atoms with van der Waals surface area (Å²) in [6, 6.07) is 10.9. The lowest BCUT2D eigenvalue weighted by Crippen LogP contribution is -2.51. The highest BCUT2D eigenvalue weighted by Gasteiger charge is 2.27. The molecule has 1 fully saturated rings. The van der Waals surface area contributed by atoms with Crippen molar-refractivity contribution >= 4 is 33.1 Å². The number of fused-ring (bicyclic) bond motifs is 1. The number of sulfonamides is 1. The van der Waals surface area contributed by atoms with E-state index in [0.29, 0.717) is 12.2 Å². The van der Waals surface area contributed by atoms with Crippen molar-refractivity contribution in [2.24, 2.45) is 0 Å². The summed E-state index contributed by atoms with van der Waals surface area (Å²) in [5.41, 5.74) is 0.496. The van der Waals surface area contributed by atoms with E-state index < -0.39 is 10.0 Å². The van der Waals surface area contributed by atoms with Gasteiger partial charge in [-0.25, -0.2) is 23.1 Å². The van der Waals surface area contributed by atoms with Gasteiger partial charge < -0.3 is 4.90 Å². The summed E-state index contributed by atoms with van der Waals surface area (Å²) >= 11 is 6.13. The molecule has 29 heavy (non-hydrogen) atoms. The first-order chi connectivity index (χ1) is 13.9. The molecule has 3 aromatic heterocycles. The predicted octanol–water partition coefficient (Wildman–Crippen LogP) is 1.87. The molecule has 0 spiro atoms. The Labute approximate surface area is 175 Å². The van der Waals surface area contributed by atoms with Crippen LogP contribution in [0.25, 0.3) is 5.65 Å². The fourth-order valence-electron chi connectivity index (χ4n) is 3.63. The second kappa shape index (κ2) is 8.27. The van der Waals surface area contributed by atoms with Gasteiger partial charge in [-0.2, -0.15) is 0 Å². The normalized spacial score (nSPS) is 17.0. The van der Waals surface area contributed by atoms with E-state index in [1.54, 1.807) is 30.6 Å². The topological polar surface area (TPSA) is 82.8 Å². The SMILES string of the molecule is CC(CN1CCN(c2ccccn2)CC1)NS(=O)(=O)c1c(Cl)nc2ccccn12. The monoisotopic (exact) mass is 434 g/mol. The van der Waals surface area contributed by atoms with E-state index in [-0.39, 0.29) is 16.2 Å². The zero-order valence-corrected chi connectivity index (χ0v) is 17.6. The largest absolute Gasteiger partial charge is 0.354 e. The van der Waals surface area contributed by atoms with Crippen molar-refractivity contribution in [3.8, 4) is 0 Å². The van der Waals surface area contributed by atoms with Crippen LogP contribution in [0.3, 0.4) is 0 Å². The van der Waals surface area contributed by atoms with Crippen LogP contribution in [-0.4, -0.2) is 66.5 Å². The molecule has 1 unspecified atom stereocenters. The molecule has 1 aliphatic rings. The van der Waals surface area contributed by atoms with Crippen LogP contribution in [0.15, 0.2) is 53.8 Å². The molecular weight excluding hydrogens is 412 g/mol. The third-order valence-corrected chi connectivity index (χ3v) is 6.92. The maximum Gasteiger partial charge on any atom is 0.260 e. The minimum absolute atomic E-state index is 0.0263. The molecule has 10 heteroatoms. The summed E-state index contributed by atoms with van der Waals surface area (Å²) in [5, 5.41) is -0.0542. The second-order valence-corrected chi connectivity index (χ2v) is 9.12. The number of nitrogens with one attached hydrogen (secondary N) is 1. The Bertz CT molecular complexity index is 1080. The van der Waals surface area contributed by atoms with Crippen LogP contribution in [0.2, 0.25) is 5.15 Å². The van der Waals surface area contributed by atoms with E-state index in [4.69, 9.17) is 11.6 Å². The van der Waals surface area contributed by atoms with Crippen molar-refractivity contribution in [3.63, 3.8) is 0 Å². The number of rotatable bonds is 6. The summed E-state index contributed by atoms with van der Waals surface area (Å²) in [6.07, 6.45) is 3.44. The van der Waals surface area contributed by atoms with Crippen molar-refractivity contribution in [1.82, 2.24) is 24.0 Å². The van der Waals surface area contributed by atoms with Gasteiger partial charge >= 0.3 is 0 Å². The highest BCUT2D eigenvalue weighted by Crippen LogP contribution is 2.22. The van der Waals surface area contributed by atoms with E-state index in [0.717, 1.165) is 32.0 Å². The highest BCUT2D eigenvalue weighted by atomic mass is 35.5. The van der Waals surface area contributed by atoms with Crippen LogP contribution in [-0.2, 0) is 10.0 Å². The lowest BCUT2D eigenvalue weighted by Gasteiger charge is -2.36. The molecule has 4 heterocycles. The van der Waals surface area contributed by atoms with Gasteiger partial charge in [-0.3, -0.25) is 9.30 Å². The predicted molar refractivity (Wildman–Crippen MR) is 113 cm³/mol. The number of pyridine rings is 2. The minimum atomic E-state index is -3.81. The molecule has 0 aromatic carbocycles. The van der Waals surface area contributed by atoms with Gasteiger partial charge in [0.15, 0.2) is 10.2 Å². The van der Waals surface area contributed by atoms with E-state index >= 15 is 0 Å². The van der Waals surface area contributed by atoms with Gasteiger partial charge in [0.1, 0.15) is 11.5 Å². The molecule has 4 rings (SSSR count). The maximum absolute atomic E-state index is 12.9. The van der Waals surface area contributed by atoms with Crippen LogP contribution in [0.4, 0.5) is 5.82 Å². The lowest BCUT2D eigenvalue weighted by molar-refractivity contribution is 0.241.